The van der Waals surface area contributed by atoms with E-state index in [0.29, 0.717) is 22.9 Å². The predicted molar refractivity (Wildman–Crippen MR) is 162 cm³/mol. The Bertz CT molecular complexity index is 1360. The highest BCUT2D eigenvalue weighted by atomic mass is 16.5. The third-order valence-electron chi connectivity index (χ3n) is 6.62. The topological polar surface area (TPSA) is 85.9 Å². The molecule has 0 saturated heterocycles. The molecule has 4 aromatic carbocycles. The van der Waals surface area contributed by atoms with Crippen LogP contribution in [-0.4, -0.2) is 24.0 Å². The number of anilines is 2. The summed E-state index contributed by atoms with van der Waals surface area (Å²) in [5.41, 5.74) is 5.21. The van der Waals surface area contributed by atoms with Gasteiger partial charge in [0, 0.05) is 11.4 Å². The molecule has 0 aromatic heterocycles. The van der Waals surface area contributed by atoms with Crippen LogP contribution in [-0.2, 0) is 9.59 Å². The Morgan fingerprint density at radius 3 is 1.17 bits per heavy atom. The molecule has 7 heteroatoms. The van der Waals surface area contributed by atoms with E-state index in [4.69, 9.17) is 14.2 Å². The molecule has 0 aliphatic carbocycles. The summed E-state index contributed by atoms with van der Waals surface area (Å²) in [6.07, 6.45) is -1.32. The first kappa shape index (κ1) is 29.2. The van der Waals surface area contributed by atoms with E-state index in [1.807, 2.05) is 64.1 Å². The molecular formula is C34H36N2O5. The highest BCUT2D eigenvalue weighted by Gasteiger charge is 2.18. The third-order valence-corrected chi connectivity index (χ3v) is 6.62. The lowest BCUT2D eigenvalue weighted by Crippen LogP contribution is -2.30. The van der Waals surface area contributed by atoms with Gasteiger partial charge in [0.2, 0.25) is 0 Å². The second-order valence-electron chi connectivity index (χ2n) is 10.1. The van der Waals surface area contributed by atoms with E-state index in [-0.39, 0.29) is 11.8 Å². The Morgan fingerprint density at radius 2 is 0.854 bits per heavy atom. The van der Waals surface area contributed by atoms with Crippen molar-refractivity contribution in [2.45, 2.75) is 53.8 Å². The van der Waals surface area contributed by atoms with Crippen LogP contribution in [0.5, 0.6) is 23.0 Å². The average Bonchev–Trinajstić information content (AvgIpc) is 2.94. The second kappa shape index (κ2) is 13.0. The van der Waals surface area contributed by atoms with Gasteiger partial charge in [0.25, 0.3) is 11.8 Å². The zero-order valence-corrected chi connectivity index (χ0v) is 24.3. The molecule has 0 aliphatic heterocycles. The predicted octanol–water partition coefficient (Wildman–Crippen LogP) is 7.52. The van der Waals surface area contributed by atoms with Crippen LogP contribution < -0.4 is 24.8 Å². The van der Waals surface area contributed by atoms with Crippen molar-refractivity contribution in [2.24, 2.45) is 0 Å². The molecule has 2 unspecified atom stereocenters. The summed E-state index contributed by atoms with van der Waals surface area (Å²) in [7, 11) is 0. The fraction of sp³-hybridized carbons (Fsp3) is 0.235. The molecule has 2 atom stereocenters. The summed E-state index contributed by atoms with van der Waals surface area (Å²) >= 11 is 0. The Hall–Kier alpha value is -4.78. The summed E-state index contributed by atoms with van der Waals surface area (Å²) in [4.78, 5) is 25.4. The van der Waals surface area contributed by atoms with Gasteiger partial charge in [-0.05, 0) is 112 Å². The molecule has 4 aromatic rings. The van der Waals surface area contributed by atoms with E-state index >= 15 is 0 Å². The van der Waals surface area contributed by atoms with Crippen molar-refractivity contribution < 1.29 is 23.8 Å². The third kappa shape index (κ3) is 7.66. The van der Waals surface area contributed by atoms with Crippen LogP contribution in [0.3, 0.4) is 0 Å². The second-order valence-corrected chi connectivity index (χ2v) is 10.1. The minimum atomic E-state index is -0.661. The minimum Gasteiger partial charge on any atom is -0.480 e. The molecule has 4 rings (SSSR count). The minimum absolute atomic E-state index is 0.243. The van der Waals surface area contributed by atoms with E-state index in [1.54, 1.807) is 62.4 Å². The number of carbonyl (C=O) groups excluding carboxylic acids is 2. The quantitative estimate of drug-likeness (QED) is 0.212. The van der Waals surface area contributed by atoms with Crippen LogP contribution in [0.15, 0.2) is 84.9 Å². The van der Waals surface area contributed by atoms with Gasteiger partial charge in [-0.1, -0.05) is 36.4 Å². The van der Waals surface area contributed by atoms with Gasteiger partial charge in [-0.2, -0.15) is 0 Å². The Labute approximate surface area is 241 Å². The van der Waals surface area contributed by atoms with Gasteiger partial charge in [0.1, 0.15) is 23.0 Å². The van der Waals surface area contributed by atoms with Crippen molar-refractivity contribution in [3.05, 3.63) is 107 Å². The normalized spacial score (nSPS) is 12.1. The molecule has 0 radical (unpaired) electrons. The molecule has 0 fully saturated rings. The molecule has 7 nitrogen and oxygen atoms in total. The molecule has 2 amide bonds. The molecule has 0 aliphatic rings. The Morgan fingerprint density at radius 1 is 0.537 bits per heavy atom. The van der Waals surface area contributed by atoms with Crippen molar-refractivity contribution in [1.82, 2.24) is 0 Å². The van der Waals surface area contributed by atoms with Crippen molar-refractivity contribution in [1.29, 1.82) is 0 Å². The van der Waals surface area contributed by atoms with Gasteiger partial charge in [0.05, 0.1) is 0 Å². The number of rotatable bonds is 10. The summed E-state index contributed by atoms with van der Waals surface area (Å²) in [5, 5.41) is 5.76. The van der Waals surface area contributed by atoms with Gasteiger partial charge in [0.15, 0.2) is 12.2 Å². The number of benzene rings is 4. The molecule has 212 valence electrons. The van der Waals surface area contributed by atoms with Crippen molar-refractivity contribution >= 4 is 23.2 Å². The highest BCUT2D eigenvalue weighted by Crippen LogP contribution is 2.27. The number of aryl methyl sites for hydroxylation is 4. The fourth-order valence-electron chi connectivity index (χ4n) is 4.27. The van der Waals surface area contributed by atoms with E-state index in [1.165, 1.54) is 0 Å². The van der Waals surface area contributed by atoms with Crippen LogP contribution in [0.2, 0.25) is 0 Å². The SMILES string of the molecule is Cc1cccc(C)c1OC(C)C(=O)Nc1ccc(Oc2ccc(NC(=O)C(C)Oc3c(C)cccc3C)cc2)cc1. The monoisotopic (exact) mass is 552 g/mol. The van der Waals surface area contributed by atoms with Crippen molar-refractivity contribution in [3.8, 4) is 23.0 Å². The summed E-state index contributed by atoms with van der Waals surface area (Å²) in [6, 6.07) is 25.9. The maximum atomic E-state index is 12.7. The van der Waals surface area contributed by atoms with Crippen LogP contribution in [0, 0.1) is 27.7 Å². The van der Waals surface area contributed by atoms with Crippen LogP contribution in [0.25, 0.3) is 0 Å². The maximum absolute atomic E-state index is 12.7. The van der Waals surface area contributed by atoms with Gasteiger partial charge in [-0.25, -0.2) is 0 Å². The van der Waals surface area contributed by atoms with Crippen molar-refractivity contribution in [2.75, 3.05) is 10.6 Å². The zero-order chi connectivity index (χ0) is 29.5. The van der Waals surface area contributed by atoms with E-state index in [9.17, 15) is 9.59 Å². The van der Waals surface area contributed by atoms with Gasteiger partial charge in [-0.15, -0.1) is 0 Å². The van der Waals surface area contributed by atoms with Gasteiger partial charge >= 0.3 is 0 Å². The Kier molecular flexibility index (Phi) is 9.30. The van der Waals surface area contributed by atoms with E-state index < -0.39 is 12.2 Å². The van der Waals surface area contributed by atoms with E-state index in [2.05, 4.69) is 10.6 Å². The van der Waals surface area contributed by atoms with Crippen LogP contribution in [0.1, 0.15) is 36.1 Å². The Balaban J connectivity index is 1.28. The lowest BCUT2D eigenvalue weighted by atomic mass is 10.1. The standard InChI is InChI=1S/C34H36N2O5/c1-21-9-7-10-22(2)31(21)39-25(5)33(37)35-27-13-17-29(18-14-27)41-30-19-15-28(16-20-30)36-34(38)26(6)40-32-23(3)11-8-12-24(32)4/h7-20,25-26H,1-6H3,(H,35,37)(H,36,38). The first-order chi connectivity index (χ1) is 19.6. The largest absolute Gasteiger partial charge is 0.480 e. The summed E-state index contributed by atoms with van der Waals surface area (Å²) < 4.78 is 17.8. The smallest absolute Gasteiger partial charge is 0.265 e. The molecular weight excluding hydrogens is 516 g/mol. The number of amides is 2. The lowest BCUT2D eigenvalue weighted by molar-refractivity contribution is -0.122. The van der Waals surface area contributed by atoms with Crippen molar-refractivity contribution in [3.63, 3.8) is 0 Å². The highest BCUT2D eigenvalue weighted by molar-refractivity contribution is 5.94. The first-order valence-corrected chi connectivity index (χ1v) is 13.6. The molecule has 0 bridgehead atoms. The maximum Gasteiger partial charge on any atom is 0.265 e. The van der Waals surface area contributed by atoms with Crippen LogP contribution in [0.4, 0.5) is 11.4 Å². The summed E-state index contributed by atoms with van der Waals surface area (Å²) in [6.45, 7) is 11.3. The molecule has 0 saturated carbocycles. The lowest BCUT2D eigenvalue weighted by Gasteiger charge is -2.18. The number of carbonyl (C=O) groups is 2. The molecule has 41 heavy (non-hydrogen) atoms. The first-order valence-electron chi connectivity index (χ1n) is 13.6. The molecule has 0 heterocycles. The zero-order valence-electron chi connectivity index (χ0n) is 24.3. The molecule has 0 spiro atoms. The van der Waals surface area contributed by atoms with Crippen LogP contribution >= 0.6 is 0 Å². The number of hydrogen-bond acceptors (Lipinski definition) is 5. The number of ether oxygens (including phenoxy) is 3. The van der Waals surface area contributed by atoms with Gasteiger partial charge < -0.3 is 24.8 Å². The fourth-order valence-corrected chi connectivity index (χ4v) is 4.27. The summed E-state index contributed by atoms with van der Waals surface area (Å²) in [5.74, 6) is 2.18. The molecule has 2 N–H and O–H groups in total. The number of para-hydroxylation sites is 2. The van der Waals surface area contributed by atoms with Gasteiger partial charge in [-0.3, -0.25) is 9.59 Å². The average molecular weight is 553 g/mol. The number of nitrogens with one attached hydrogen (secondary N) is 2. The number of hydrogen-bond donors (Lipinski definition) is 2. The van der Waals surface area contributed by atoms with E-state index in [0.717, 1.165) is 33.8 Å².